The van der Waals surface area contributed by atoms with Crippen molar-refractivity contribution in [3.8, 4) is 5.75 Å². The van der Waals surface area contributed by atoms with Crippen molar-refractivity contribution in [2.24, 2.45) is 4.99 Å². The van der Waals surface area contributed by atoms with Crippen LogP contribution in [0.5, 0.6) is 5.75 Å². The molecule has 1 aromatic rings. The fraction of sp³-hybridized carbons (Fsp3) is 0.650. The fourth-order valence-electron chi connectivity index (χ4n) is 3.13. The Morgan fingerprint density at radius 1 is 1.24 bits per heavy atom. The van der Waals surface area contributed by atoms with Crippen LogP contribution in [0.2, 0.25) is 0 Å². The maximum Gasteiger partial charge on any atom is 0.403 e. The number of piperazine rings is 1. The maximum absolute atomic E-state index is 12.9. The van der Waals surface area contributed by atoms with Gasteiger partial charge in [0.25, 0.3) is 0 Å². The normalized spacial score (nSPS) is 17.5. The third-order valence-corrected chi connectivity index (χ3v) is 5.00. The van der Waals surface area contributed by atoms with Gasteiger partial charge in [0.15, 0.2) is 5.96 Å². The highest BCUT2D eigenvalue weighted by atomic mass is 19.4. The summed E-state index contributed by atoms with van der Waals surface area (Å²) in [6.07, 6.45) is -4.19. The third kappa shape index (κ3) is 7.40. The molecule has 0 aliphatic carbocycles. The van der Waals surface area contributed by atoms with E-state index < -0.39 is 12.2 Å². The number of aliphatic imine (C=N–C) groups is 1. The Bertz CT molecular complexity index is 658. The molecule has 1 fully saturated rings. The highest BCUT2D eigenvalue weighted by molar-refractivity contribution is 5.80. The van der Waals surface area contributed by atoms with Crippen molar-refractivity contribution in [1.82, 2.24) is 20.0 Å². The van der Waals surface area contributed by atoms with Gasteiger partial charge < -0.3 is 19.9 Å². The topological polar surface area (TPSA) is 43.3 Å². The lowest BCUT2D eigenvalue weighted by Gasteiger charge is -2.39. The minimum atomic E-state index is -4.19. The number of rotatable bonds is 7. The van der Waals surface area contributed by atoms with E-state index in [0.717, 1.165) is 17.9 Å². The highest BCUT2D eigenvalue weighted by Gasteiger charge is 2.41. The first kappa shape index (κ1) is 23.3. The monoisotopic (exact) mass is 415 g/mol. The molecule has 29 heavy (non-hydrogen) atoms. The Morgan fingerprint density at radius 3 is 2.52 bits per heavy atom. The number of alkyl halides is 3. The lowest BCUT2D eigenvalue weighted by atomic mass is 10.2. The van der Waals surface area contributed by atoms with Crippen molar-refractivity contribution in [3.05, 3.63) is 29.8 Å². The molecule has 0 aromatic heterocycles. The number of halogens is 3. The van der Waals surface area contributed by atoms with E-state index in [9.17, 15) is 13.2 Å². The molecule has 1 N–H and O–H groups in total. The van der Waals surface area contributed by atoms with Crippen LogP contribution in [-0.2, 0) is 6.54 Å². The molecule has 1 heterocycles. The van der Waals surface area contributed by atoms with Crippen LogP contribution in [0.4, 0.5) is 13.2 Å². The molecule has 1 aliphatic rings. The molecule has 164 valence electrons. The summed E-state index contributed by atoms with van der Waals surface area (Å²) in [7, 11) is 5.69. The van der Waals surface area contributed by atoms with Crippen LogP contribution in [0.15, 0.2) is 29.3 Å². The maximum atomic E-state index is 12.9. The molecule has 1 saturated heterocycles. The lowest BCUT2D eigenvalue weighted by Crippen LogP contribution is -2.56. The van der Waals surface area contributed by atoms with E-state index >= 15 is 0 Å². The van der Waals surface area contributed by atoms with E-state index in [-0.39, 0.29) is 0 Å². The lowest BCUT2D eigenvalue weighted by molar-refractivity contribution is -0.181. The Labute approximate surface area is 171 Å². The molecule has 0 bridgehead atoms. The van der Waals surface area contributed by atoms with Crippen molar-refractivity contribution < 1.29 is 17.9 Å². The third-order valence-electron chi connectivity index (χ3n) is 5.00. The fourth-order valence-corrected chi connectivity index (χ4v) is 3.13. The number of benzene rings is 1. The smallest absolute Gasteiger partial charge is 0.403 e. The molecular formula is C20H32F3N5O. The van der Waals surface area contributed by atoms with Gasteiger partial charge in [0.1, 0.15) is 18.4 Å². The summed E-state index contributed by atoms with van der Waals surface area (Å²) in [4.78, 5) is 9.82. The van der Waals surface area contributed by atoms with Gasteiger partial charge in [0.05, 0.1) is 0 Å². The minimum absolute atomic E-state index is 0.358. The van der Waals surface area contributed by atoms with E-state index in [1.807, 2.05) is 43.3 Å². The van der Waals surface area contributed by atoms with Gasteiger partial charge in [-0.05, 0) is 38.7 Å². The van der Waals surface area contributed by atoms with Crippen molar-refractivity contribution >= 4 is 5.96 Å². The van der Waals surface area contributed by atoms with E-state index in [2.05, 4.69) is 15.2 Å². The molecule has 1 unspecified atom stereocenters. The predicted molar refractivity (Wildman–Crippen MR) is 109 cm³/mol. The molecule has 0 amide bonds. The first-order valence-corrected chi connectivity index (χ1v) is 9.83. The molecule has 1 atom stereocenters. The van der Waals surface area contributed by atoms with E-state index in [4.69, 9.17) is 4.74 Å². The van der Waals surface area contributed by atoms with Crippen molar-refractivity contribution in [2.75, 3.05) is 60.5 Å². The van der Waals surface area contributed by atoms with Crippen LogP contribution in [0.3, 0.4) is 0 Å². The van der Waals surface area contributed by atoms with Gasteiger partial charge in [0.2, 0.25) is 0 Å². The Kier molecular flexibility index (Phi) is 8.58. The first-order valence-electron chi connectivity index (χ1n) is 9.83. The van der Waals surface area contributed by atoms with Crippen molar-refractivity contribution in [2.45, 2.75) is 25.7 Å². The first-order chi connectivity index (χ1) is 13.7. The molecule has 9 heteroatoms. The summed E-state index contributed by atoms with van der Waals surface area (Å²) in [6, 6.07) is 6.44. The molecule has 0 saturated carbocycles. The number of hydrogen-bond acceptors (Lipinski definition) is 4. The summed E-state index contributed by atoms with van der Waals surface area (Å²) in [6.45, 7) is 4.97. The van der Waals surface area contributed by atoms with Gasteiger partial charge in [-0.2, -0.15) is 13.2 Å². The quantitative estimate of drug-likeness (QED) is 0.547. The van der Waals surface area contributed by atoms with Gasteiger partial charge in [-0.15, -0.1) is 0 Å². The van der Waals surface area contributed by atoms with Gasteiger partial charge in [-0.1, -0.05) is 12.1 Å². The van der Waals surface area contributed by atoms with Crippen LogP contribution < -0.4 is 10.1 Å². The van der Waals surface area contributed by atoms with Crippen molar-refractivity contribution in [1.29, 1.82) is 0 Å². The summed E-state index contributed by atoms with van der Waals surface area (Å²) in [5, 5.41) is 3.30. The number of nitrogens with one attached hydrogen (secondary N) is 1. The Morgan fingerprint density at radius 2 is 1.93 bits per heavy atom. The SMILES string of the molecule is CN=C(NCc1cccc(OCCN(C)C)c1)N1CCN(C(C)C(F)(F)F)CC1. The zero-order valence-corrected chi connectivity index (χ0v) is 17.7. The van der Waals surface area contributed by atoms with E-state index in [0.29, 0.717) is 45.3 Å². The van der Waals surface area contributed by atoms with E-state index in [1.165, 1.54) is 11.8 Å². The van der Waals surface area contributed by atoms with Gasteiger partial charge >= 0.3 is 6.18 Å². The summed E-state index contributed by atoms with van der Waals surface area (Å²) in [5.74, 6) is 1.51. The Hall–Kier alpha value is -2.00. The molecule has 0 spiro atoms. The molecule has 0 radical (unpaired) electrons. The largest absolute Gasteiger partial charge is 0.492 e. The molecule has 1 aromatic carbocycles. The minimum Gasteiger partial charge on any atom is -0.492 e. The standard InChI is InChI=1S/C20H32F3N5O/c1-16(20(21,22)23)27-8-10-28(11-9-27)19(24-2)25-15-17-6-5-7-18(14-17)29-13-12-26(3)4/h5-7,14,16H,8-13,15H2,1-4H3,(H,24,25). The highest BCUT2D eigenvalue weighted by Crippen LogP contribution is 2.25. The zero-order chi connectivity index (χ0) is 21.4. The van der Waals surface area contributed by atoms with Crippen LogP contribution in [0, 0.1) is 0 Å². The van der Waals surface area contributed by atoms with E-state index in [1.54, 1.807) is 7.05 Å². The number of hydrogen-bond donors (Lipinski definition) is 1. The van der Waals surface area contributed by atoms with Gasteiger partial charge in [-0.3, -0.25) is 9.89 Å². The number of nitrogens with zero attached hydrogens (tertiary/aromatic N) is 4. The molecule has 6 nitrogen and oxygen atoms in total. The Balaban J connectivity index is 1.84. The molecule has 1 aliphatic heterocycles. The second-order valence-electron chi connectivity index (χ2n) is 7.44. The summed E-state index contributed by atoms with van der Waals surface area (Å²) >= 11 is 0. The van der Waals surface area contributed by atoms with Crippen molar-refractivity contribution in [3.63, 3.8) is 0 Å². The van der Waals surface area contributed by atoms with Crippen LogP contribution in [-0.4, -0.2) is 93.4 Å². The molecular weight excluding hydrogens is 383 g/mol. The second-order valence-corrected chi connectivity index (χ2v) is 7.44. The summed E-state index contributed by atoms with van der Waals surface area (Å²) in [5.41, 5.74) is 1.05. The predicted octanol–water partition coefficient (Wildman–Crippen LogP) is 2.27. The average Bonchev–Trinajstić information content (AvgIpc) is 2.68. The second kappa shape index (κ2) is 10.7. The molecule has 2 rings (SSSR count). The van der Waals surface area contributed by atoms with Gasteiger partial charge in [0, 0.05) is 46.3 Å². The van der Waals surface area contributed by atoms with Crippen LogP contribution in [0.25, 0.3) is 0 Å². The average molecular weight is 416 g/mol. The van der Waals surface area contributed by atoms with Gasteiger partial charge in [-0.25, -0.2) is 0 Å². The van der Waals surface area contributed by atoms with Crippen LogP contribution in [0.1, 0.15) is 12.5 Å². The zero-order valence-electron chi connectivity index (χ0n) is 17.7. The summed E-state index contributed by atoms with van der Waals surface area (Å²) < 4.78 is 44.5. The van der Waals surface area contributed by atoms with Crippen LogP contribution >= 0.6 is 0 Å². The number of guanidine groups is 1. The number of ether oxygens (including phenoxy) is 1. The number of likely N-dealkylation sites (N-methyl/N-ethyl adjacent to an activating group) is 1.